The van der Waals surface area contributed by atoms with E-state index in [4.69, 9.17) is 5.73 Å². The minimum Gasteiger partial charge on any atom is -0.371 e. The molecule has 0 saturated carbocycles. The van der Waals surface area contributed by atoms with Gasteiger partial charge in [-0.05, 0) is 55.3 Å². The third-order valence-electron chi connectivity index (χ3n) is 7.23. The number of piperidine rings is 1. The van der Waals surface area contributed by atoms with Crippen molar-refractivity contribution in [3.05, 3.63) is 72.6 Å². The maximum Gasteiger partial charge on any atom is 0.252 e. The number of benzene rings is 2. The number of carbonyl (C=O) groups is 2. The Bertz CT molecular complexity index is 1450. The number of nitrogens with one attached hydrogen (secondary N) is 2. The third kappa shape index (κ3) is 5.00. The molecular formula is C29H33N7O2. The Morgan fingerprint density at radius 1 is 1.03 bits per heavy atom. The first kappa shape index (κ1) is 25.1. The number of anilines is 5. The van der Waals surface area contributed by atoms with Crippen molar-refractivity contribution in [2.75, 3.05) is 49.3 Å². The van der Waals surface area contributed by atoms with Gasteiger partial charge < -0.3 is 30.7 Å². The second-order valence-electron chi connectivity index (χ2n) is 9.89. The predicted octanol–water partition coefficient (Wildman–Crippen LogP) is 4.48. The quantitative estimate of drug-likeness (QED) is 0.338. The number of hydrogen-bond donors (Lipinski definition) is 3. The summed E-state index contributed by atoms with van der Waals surface area (Å²) in [4.78, 5) is 38.1. The molecular weight excluding hydrogens is 478 g/mol. The van der Waals surface area contributed by atoms with Crippen molar-refractivity contribution in [3.63, 3.8) is 0 Å². The molecule has 196 valence electrons. The fourth-order valence-electron chi connectivity index (χ4n) is 5.12. The molecule has 1 aliphatic heterocycles. The molecule has 9 heteroatoms. The summed E-state index contributed by atoms with van der Waals surface area (Å²) in [5.74, 6) is 0.392. The number of nitrogens with two attached hydrogens (primary N) is 1. The number of primary amides is 1. The zero-order valence-corrected chi connectivity index (χ0v) is 21.9. The Labute approximate surface area is 222 Å². The maximum atomic E-state index is 12.3. The zero-order chi connectivity index (χ0) is 26.8. The SMILES string of the molecule is CN(C)C(=O)C1CCN(c2ccc(Nc3cc(N(C)c4cccc5[nH]ccc45)c(C(N)=O)cn3)cc2)CC1. The van der Waals surface area contributed by atoms with E-state index >= 15 is 0 Å². The molecule has 3 heterocycles. The molecule has 1 aliphatic rings. The maximum absolute atomic E-state index is 12.3. The van der Waals surface area contributed by atoms with Crippen LogP contribution >= 0.6 is 0 Å². The van der Waals surface area contributed by atoms with Gasteiger partial charge in [0.2, 0.25) is 5.91 Å². The second kappa shape index (κ2) is 10.5. The molecule has 38 heavy (non-hydrogen) atoms. The fourth-order valence-corrected chi connectivity index (χ4v) is 5.12. The molecule has 2 amide bonds. The van der Waals surface area contributed by atoms with Gasteiger partial charge in [-0.1, -0.05) is 6.07 Å². The molecule has 5 rings (SSSR count). The Balaban J connectivity index is 1.32. The summed E-state index contributed by atoms with van der Waals surface area (Å²) in [5.41, 5.74) is 10.7. The highest BCUT2D eigenvalue weighted by Crippen LogP contribution is 2.34. The van der Waals surface area contributed by atoms with E-state index in [2.05, 4.69) is 32.3 Å². The van der Waals surface area contributed by atoms with Gasteiger partial charge in [-0.2, -0.15) is 0 Å². The van der Waals surface area contributed by atoms with E-state index in [9.17, 15) is 9.59 Å². The lowest BCUT2D eigenvalue weighted by Gasteiger charge is -2.34. The van der Waals surface area contributed by atoms with Crippen LogP contribution in [-0.2, 0) is 4.79 Å². The minimum absolute atomic E-state index is 0.105. The van der Waals surface area contributed by atoms with Crippen LogP contribution in [0.3, 0.4) is 0 Å². The van der Waals surface area contributed by atoms with Crippen molar-refractivity contribution in [1.29, 1.82) is 0 Å². The molecule has 0 bridgehead atoms. The molecule has 0 unspecified atom stereocenters. The van der Waals surface area contributed by atoms with Crippen molar-refractivity contribution in [1.82, 2.24) is 14.9 Å². The molecule has 1 fully saturated rings. The smallest absolute Gasteiger partial charge is 0.252 e. The van der Waals surface area contributed by atoms with Crippen molar-refractivity contribution in [2.45, 2.75) is 12.8 Å². The molecule has 0 spiro atoms. The van der Waals surface area contributed by atoms with Crippen LogP contribution in [0, 0.1) is 5.92 Å². The van der Waals surface area contributed by atoms with Crippen LogP contribution in [0.4, 0.5) is 28.6 Å². The highest BCUT2D eigenvalue weighted by atomic mass is 16.2. The average Bonchev–Trinajstić information content (AvgIpc) is 3.42. The highest BCUT2D eigenvalue weighted by Gasteiger charge is 2.26. The van der Waals surface area contributed by atoms with Gasteiger partial charge in [0.05, 0.1) is 16.9 Å². The number of aromatic amines is 1. The van der Waals surface area contributed by atoms with Crippen LogP contribution in [0.5, 0.6) is 0 Å². The second-order valence-corrected chi connectivity index (χ2v) is 9.89. The van der Waals surface area contributed by atoms with Crippen LogP contribution < -0.4 is 20.9 Å². The zero-order valence-electron chi connectivity index (χ0n) is 21.9. The van der Waals surface area contributed by atoms with Crippen molar-refractivity contribution in [2.24, 2.45) is 11.7 Å². The monoisotopic (exact) mass is 511 g/mol. The lowest BCUT2D eigenvalue weighted by molar-refractivity contribution is -0.133. The fraction of sp³-hybridized carbons (Fsp3) is 0.276. The molecule has 4 aromatic rings. The Morgan fingerprint density at radius 2 is 1.76 bits per heavy atom. The van der Waals surface area contributed by atoms with Crippen molar-refractivity contribution < 1.29 is 9.59 Å². The van der Waals surface area contributed by atoms with Crippen LogP contribution in [0.15, 0.2) is 67.0 Å². The van der Waals surface area contributed by atoms with E-state index in [0.29, 0.717) is 17.1 Å². The summed E-state index contributed by atoms with van der Waals surface area (Å²) < 4.78 is 0. The third-order valence-corrected chi connectivity index (χ3v) is 7.23. The first-order valence-electron chi connectivity index (χ1n) is 12.7. The van der Waals surface area contributed by atoms with Gasteiger partial charge in [0.1, 0.15) is 5.82 Å². The van der Waals surface area contributed by atoms with E-state index < -0.39 is 5.91 Å². The first-order valence-corrected chi connectivity index (χ1v) is 12.7. The molecule has 4 N–H and O–H groups in total. The van der Waals surface area contributed by atoms with E-state index in [1.165, 1.54) is 6.20 Å². The van der Waals surface area contributed by atoms with Gasteiger partial charge in [0.25, 0.3) is 5.91 Å². The summed E-state index contributed by atoms with van der Waals surface area (Å²) in [6.07, 6.45) is 5.13. The van der Waals surface area contributed by atoms with E-state index in [1.54, 1.807) is 4.90 Å². The summed E-state index contributed by atoms with van der Waals surface area (Å²) in [6.45, 7) is 1.72. The number of aromatic nitrogens is 2. The summed E-state index contributed by atoms with van der Waals surface area (Å²) in [5, 5.41) is 4.39. The lowest BCUT2D eigenvalue weighted by atomic mass is 9.95. The topological polar surface area (TPSA) is 111 Å². The van der Waals surface area contributed by atoms with E-state index in [0.717, 1.165) is 53.9 Å². The van der Waals surface area contributed by atoms with Crippen molar-refractivity contribution in [3.8, 4) is 0 Å². The molecule has 0 radical (unpaired) electrons. The molecule has 1 saturated heterocycles. The minimum atomic E-state index is -0.535. The number of carbonyl (C=O) groups excluding carboxylic acids is 2. The Morgan fingerprint density at radius 3 is 2.45 bits per heavy atom. The molecule has 0 atom stereocenters. The molecule has 2 aromatic carbocycles. The number of fused-ring (bicyclic) bond motifs is 1. The predicted molar refractivity (Wildman–Crippen MR) is 152 cm³/mol. The van der Waals surface area contributed by atoms with E-state index in [-0.39, 0.29) is 11.8 Å². The van der Waals surface area contributed by atoms with Gasteiger partial charge in [0.15, 0.2) is 0 Å². The van der Waals surface area contributed by atoms with Crippen LogP contribution in [0.1, 0.15) is 23.2 Å². The number of rotatable bonds is 7. The number of hydrogen-bond acceptors (Lipinski definition) is 6. The number of pyridine rings is 1. The lowest BCUT2D eigenvalue weighted by Crippen LogP contribution is -2.40. The van der Waals surface area contributed by atoms with Crippen molar-refractivity contribution >= 4 is 51.3 Å². The van der Waals surface area contributed by atoms with Crippen LogP contribution in [-0.4, -0.2) is 60.9 Å². The average molecular weight is 512 g/mol. The van der Waals surface area contributed by atoms with Crippen LogP contribution in [0.2, 0.25) is 0 Å². The van der Waals surface area contributed by atoms with Gasteiger partial charge in [-0.3, -0.25) is 9.59 Å². The molecule has 9 nitrogen and oxygen atoms in total. The largest absolute Gasteiger partial charge is 0.371 e. The summed E-state index contributed by atoms with van der Waals surface area (Å²) in [7, 11) is 5.55. The molecule has 2 aromatic heterocycles. The van der Waals surface area contributed by atoms with Crippen LogP contribution in [0.25, 0.3) is 10.9 Å². The summed E-state index contributed by atoms with van der Waals surface area (Å²) in [6, 6.07) is 18.0. The number of nitrogens with zero attached hydrogens (tertiary/aromatic N) is 4. The van der Waals surface area contributed by atoms with Gasteiger partial charge in [-0.15, -0.1) is 0 Å². The normalized spacial score (nSPS) is 13.9. The molecule has 0 aliphatic carbocycles. The number of amides is 2. The first-order chi connectivity index (χ1) is 18.3. The Kier molecular flexibility index (Phi) is 6.91. The van der Waals surface area contributed by atoms with E-state index in [1.807, 2.05) is 74.7 Å². The van der Waals surface area contributed by atoms with Gasteiger partial charge in [-0.25, -0.2) is 4.98 Å². The highest BCUT2D eigenvalue weighted by molar-refractivity contribution is 6.02. The van der Waals surface area contributed by atoms with Gasteiger partial charge >= 0.3 is 0 Å². The van der Waals surface area contributed by atoms with Gasteiger partial charge in [0, 0.05) is 80.9 Å². The summed E-state index contributed by atoms with van der Waals surface area (Å²) >= 11 is 0. The number of H-pyrrole nitrogens is 1. The Hall–Kier alpha value is -4.53. The standard InChI is InChI=1S/C29H33N7O2/c1-34(2)29(38)19-12-15-36(16-13-19)21-9-7-20(8-10-21)33-27-17-26(23(18-32-27)28(30)37)35(3)25-6-4-5-24-22(25)11-14-31-24/h4-11,14,17-19,31H,12-13,15-16H2,1-3H3,(H2,30,37)(H,32,33).